The van der Waals surface area contributed by atoms with E-state index in [1.165, 1.54) is 6.07 Å². The van der Waals surface area contributed by atoms with Crippen LogP contribution in [0, 0.1) is 11.7 Å². The van der Waals surface area contributed by atoms with Gasteiger partial charge in [0.05, 0.1) is 16.9 Å². The van der Waals surface area contributed by atoms with Crippen LogP contribution in [-0.4, -0.2) is 10.9 Å². The Morgan fingerprint density at radius 1 is 1.14 bits per heavy atom. The van der Waals surface area contributed by atoms with E-state index in [1.807, 2.05) is 6.07 Å². The third-order valence-electron chi connectivity index (χ3n) is 5.79. The number of benzene rings is 2. The van der Waals surface area contributed by atoms with Crippen LogP contribution in [-0.2, 0) is 4.79 Å². The van der Waals surface area contributed by atoms with Crippen molar-refractivity contribution in [3.05, 3.63) is 65.1 Å². The lowest BCUT2D eigenvalue weighted by atomic mass is 9.77. The van der Waals surface area contributed by atoms with Gasteiger partial charge in [-0.2, -0.15) is 0 Å². The molecule has 1 aliphatic rings. The quantitative estimate of drug-likeness (QED) is 0.524. The van der Waals surface area contributed by atoms with Crippen LogP contribution in [0.25, 0.3) is 10.9 Å². The van der Waals surface area contributed by atoms with E-state index in [9.17, 15) is 9.18 Å². The van der Waals surface area contributed by atoms with Gasteiger partial charge in [0.2, 0.25) is 5.91 Å². The fraction of sp³-hybridized carbons (Fsp3) is 0.304. The third kappa shape index (κ3) is 4.51. The molecule has 150 valence electrons. The van der Waals surface area contributed by atoms with Gasteiger partial charge in [0.15, 0.2) is 0 Å². The fourth-order valence-corrected chi connectivity index (χ4v) is 4.46. The number of halogens is 2. The van der Waals surface area contributed by atoms with Crippen molar-refractivity contribution in [2.45, 2.75) is 38.0 Å². The summed E-state index contributed by atoms with van der Waals surface area (Å²) in [4.78, 5) is 16.8. The molecule has 0 aliphatic heterocycles. The van der Waals surface area contributed by atoms with Crippen molar-refractivity contribution >= 4 is 39.8 Å². The van der Waals surface area contributed by atoms with Gasteiger partial charge < -0.3 is 11.1 Å². The van der Waals surface area contributed by atoms with Crippen molar-refractivity contribution in [2.24, 2.45) is 5.92 Å². The molecule has 4 rings (SSSR count). The molecule has 0 bridgehead atoms. The minimum atomic E-state index is -0.237. The molecule has 3 aromatic rings. The minimum absolute atomic E-state index is 0.0288. The van der Waals surface area contributed by atoms with Gasteiger partial charge in [-0.25, -0.2) is 4.39 Å². The number of fused-ring (bicyclic) bond motifs is 1. The molecule has 6 heteroatoms. The lowest BCUT2D eigenvalue weighted by molar-refractivity contribution is -0.117. The molecule has 1 amide bonds. The van der Waals surface area contributed by atoms with E-state index in [-0.39, 0.29) is 11.7 Å². The largest absolute Gasteiger partial charge is 0.397 e. The standard InChI is InChI=1S/C23H23ClFN3O/c24-16-5-7-22(20(26)12-16)28-23(29)11-14-1-3-15(4-2-14)18-9-10-27-21-8-6-17(25)13-19(18)21/h5-10,12-15H,1-4,11,26H2,(H,28,29). The first-order valence-electron chi connectivity index (χ1n) is 9.88. The maximum Gasteiger partial charge on any atom is 0.224 e. The van der Waals surface area contributed by atoms with Crippen molar-refractivity contribution in [3.63, 3.8) is 0 Å². The highest BCUT2D eigenvalue weighted by Crippen LogP contribution is 2.39. The predicted octanol–water partition coefficient (Wildman–Crippen LogP) is 5.91. The summed E-state index contributed by atoms with van der Waals surface area (Å²) in [6, 6.07) is 11.8. The monoisotopic (exact) mass is 411 g/mol. The molecule has 0 spiro atoms. The molecular formula is C23H23ClFN3O. The normalized spacial score (nSPS) is 19.2. The van der Waals surface area contributed by atoms with Gasteiger partial charge in [0.1, 0.15) is 5.82 Å². The van der Waals surface area contributed by atoms with E-state index in [1.54, 1.807) is 36.5 Å². The van der Waals surface area contributed by atoms with Crippen molar-refractivity contribution in [3.8, 4) is 0 Å². The summed E-state index contributed by atoms with van der Waals surface area (Å²) in [6.07, 6.45) is 6.17. The number of carbonyl (C=O) groups excluding carboxylic acids is 1. The average Bonchev–Trinajstić information content (AvgIpc) is 2.70. The maximum absolute atomic E-state index is 13.7. The second-order valence-electron chi connectivity index (χ2n) is 7.76. The second kappa shape index (κ2) is 8.37. The van der Waals surface area contributed by atoms with Crippen molar-refractivity contribution in [1.29, 1.82) is 0 Å². The number of pyridine rings is 1. The molecule has 1 aromatic heterocycles. The van der Waals surface area contributed by atoms with E-state index >= 15 is 0 Å². The fourth-order valence-electron chi connectivity index (χ4n) is 4.28. The van der Waals surface area contributed by atoms with Crippen LogP contribution < -0.4 is 11.1 Å². The molecule has 1 saturated carbocycles. The number of amides is 1. The van der Waals surface area contributed by atoms with Gasteiger partial charge in [-0.1, -0.05) is 11.6 Å². The first kappa shape index (κ1) is 19.6. The third-order valence-corrected chi connectivity index (χ3v) is 6.02. The lowest BCUT2D eigenvalue weighted by Crippen LogP contribution is -2.21. The second-order valence-corrected chi connectivity index (χ2v) is 8.20. The zero-order valence-corrected chi connectivity index (χ0v) is 16.8. The Bertz CT molecular complexity index is 1050. The number of hydrogen-bond acceptors (Lipinski definition) is 3. The molecule has 3 N–H and O–H groups in total. The van der Waals surface area contributed by atoms with Gasteiger partial charge in [0.25, 0.3) is 0 Å². The predicted molar refractivity (Wildman–Crippen MR) is 116 cm³/mol. The van der Waals surface area contributed by atoms with E-state index in [0.29, 0.717) is 34.7 Å². The van der Waals surface area contributed by atoms with E-state index < -0.39 is 0 Å². The topological polar surface area (TPSA) is 68.0 Å². The van der Waals surface area contributed by atoms with E-state index in [0.717, 1.165) is 42.1 Å². The molecule has 0 radical (unpaired) electrons. The number of nitrogen functional groups attached to an aromatic ring is 1. The van der Waals surface area contributed by atoms with Crippen LogP contribution >= 0.6 is 11.6 Å². The van der Waals surface area contributed by atoms with Crippen LogP contribution in [0.15, 0.2) is 48.7 Å². The highest BCUT2D eigenvalue weighted by atomic mass is 35.5. The summed E-state index contributed by atoms with van der Waals surface area (Å²) in [7, 11) is 0. The number of nitrogens with zero attached hydrogens (tertiary/aromatic N) is 1. The van der Waals surface area contributed by atoms with Crippen molar-refractivity contribution < 1.29 is 9.18 Å². The number of hydrogen-bond donors (Lipinski definition) is 2. The Kier molecular flexibility index (Phi) is 5.67. The van der Waals surface area contributed by atoms with Gasteiger partial charge in [-0.05, 0) is 85.5 Å². The van der Waals surface area contributed by atoms with Gasteiger partial charge in [0, 0.05) is 23.0 Å². The first-order chi connectivity index (χ1) is 14.0. The summed E-state index contributed by atoms with van der Waals surface area (Å²) < 4.78 is 13.7. The van der Waals surface area contributed by atoms with Crippen molar-refractivity contribution in [1.82, 2.24) is 4.98 Å². The zero-order valence-electron chi connectivity index (χ0n) is 16.0. The molecule has 4 nitrogen and oxygen atoms in total. The average molecular weight is 412 g/mol. The minimum Gasteiger partial charge on any atom is -0.397 e. The maximum atomic E-state index is 13.7. The van der Waals surface area contributed by atoms with Crippen LogP contribution in [0.1, 0.15) is 43.6 Å². The Hall–Kier alpha value is -2.66. The Balaban J connectivity index is 1.37. The van der Waals surface area contributed by atoms with Crippen LogP contribution in [0.3, 0.4) is 0 Å². The SMILES string of the molecule is Nc1cc(Cl)ccc1NC(=O)CC1CCC(c2ccnc3ccc(F)cc23)CC1. The molecule has 1 heterocycles. The molecule has 2 aromatic carbocycles. The number of nitrogens with one attached hydrogen (secondary N) is 1. The smallest absolute Gasteiger partial charge is 0.224 e. The highest BCUT2D eigenvalue weighted by molar-refractivity contribution is 6.31. The Morgan fingerprint density at radius 2 is 1.93 bits per heavy atom. The highest BCUT2D eigenvalue weighted by Gasteiger charge is 2.25. The number of carbonyl (C=O) groups is 1. The molecule has 29 heavy (non-hydrogen) atoms. The zero-order chi connectivity index (χ0) is 20.4. The Morgan fingerprint density at radius 3 is 2.69 bits per heavy atom. The summed E-state index contributed by atoms with van der Waals surface area (Å²) >= 11 is 5.90. The summed E-state index contributed by atoms with van der Waals surface area (Å²) in [5.41, 5.74) is 8.95. The van der Waals surface area contributed by atoms with Crippen LogP contribution in [0.2, 0.25) is 5.02 Å². The molecule has 0 saturated heterocycles. The molecule has 0 atom stereocenters. The molecular weight excluding hydrogens is 389 g/mol. The van der Waals surface area contributed by atoms with E-state index in [2.05, 4.69) is 10.3 Å². The Labute approximate surface area is 174 Å². The van der Waals surface area contributed by atoms with Crippen molar-refractivity contribution in [2.75, 3.05) is 11.1 Å². The number of rotatable bonds is 4. The van der Waals surface area contributed by atoms with Gasteiger partial charge in [-0.3, -0.25) is 9.78 Å². The summed E-state index contributed by atoms with van der Waals surface area (Å²) in [6.45, 7) is 0. The summed E-state index contributed by atoms with van der Waals surface area (Å²) in [5.74, 6) is 0.440. The molecule has 1 aliphatic carbocycles. The first-order valence-corrected chi connectivity index (χ1v) is 10.3. The lowest BCUT2D eigenvalue weighted by Gasteiger charge is -2.29. The van der Waals surface area contributed by atoms with E-state index in [4.69, 9.17) is 17.3 Å². The van der Waals surface area contributed by atoms with Gasteiger partial charge in [-0.15, -0.1) is 0 Å². The number of anilines is 2. The van der Waals surface area contributed by atoms with Crippen LogP contribution in [0.4, 0.5) is 15.8 Å². The van der Waals surface area contributed by atoms with Gasteiger partial charge >= 0.3 is 0 Å². The summed E-state index contributed by atoms with van der Waals surface area (Å²) in [5, 5.41) is 4.32. The molecule has 1 fully saturated rings. The van der Waals surface area contributed by atoms with Crippen LogP contribution in [0.5, 0.6) is 0 Å². The number of nitrogens with two attached hydrogens (primary N) is 1. The number of aromatic nitrogens is 1. The molecule has 0 unspecified atom stereocenters.